The molecule has 0 aromatic heterocycles. The Balaban J connectivity index is 1.58. The molecule has 0 bridgehead atoms. The molecule has 0 spiro atoms. The number of hydrogen-bond acceptors (Lipinski definition) is 5. The van der Waals surface area contributed by atoms with Crippen LogP contribution in [-0.2, 0) is 23.8 Å². The SMILES string of the molecule is CC(OCC1CCCO1)C(=O)N1C[C@H]2COCC[C@@]2(C(=O)O)C1. The number of aliphatic carboxylic acids is 1. The summed E-state index contributed by atoms with van der Waals surface area (Å²) in [6, 6.07) is 0. The van der Waals surface area contributed by atoms with E-state index >= 15 is 0 Å². The summed E-state index contributed by atoms with van der Waals surface area (Å²) in [4.78, 5) is 26.0. The minimum Gasteiger partial charge on any atom is -0.481 e. The van der Waals surface area contributed by atoms with Crippen molar-refractivity contribution in [1.82, 2.24) is 4.90 Å². The van der Waals surface area contributed by atoms with Gasteiger partial charge in [0.25, 0.3) is 5.91 Å². The maximum absolute atomic E-state index is 12.6. The predicted octanol–water partition coefficient (Wildman–Crippen LogP) is 0.520. The molecule has 2 unspecified atom stereocenters. The summed E-state index contributed by atoms with van der Waals surface area (Å²) in [5.74, 6) is -1.10. The summed E-state index contributed by atoms with van der Waals surface area (Å²) in [6.45, 7) is 4.42. The highest BCUT2D eigenvalue weighted by Crippen LogP contribution is 2.42. The van der Waals surface area contributed by atoms with Gasteiger partial charge in [0, 0.05) is 32.2 Å². The van der Waals surface area contributed by atoms with Crippen molar-refractivity contribution < 1.29 is 28.9 Å². The quantitative estimate of drug-likeness (QED) is 0.792. The van der Waals surface area contributed by atoms with Crippen molar-refractivity contribution in [2.24, 2.45) is 11.3 Å². The zero-order valence-corrected chi connectivity index (χ0v) is 13.5. The molecule has 0 saturated carbocycles. The number of carboxylic acid groups (broad SMARTS) is 1. The van der Waals surface area contributed by atoms with Gasteiger partial charge in [-0.15, -0.1) is 0 Å². The second-order valence-electron chi connectivity index (χ2n) is 6.81. The topological polar surface area (TPSA) is 85.3 Å². The largest absolute Gasteiger partial charge is 0.481 e. The van der Waals surface area contributed by atoms with Crippen LogP contribution in [0.1, 0.15) is 26.2 Å². The normalized spacial score (nSPS) is 35.1. The molecule has 0 radical (unpaired) electrons. The molecule has 1 amide bonds. The lowest BCUT2D eigenvalue weighted by Crippen LogP contribution is -2.45. The third kappa shape index (κ3) is 3.22. The Labute approximate surface area is 135 Å². The number of amides is 1. The number of fused-ring (bicyclic) bond motifs is 1. The number of hydrogen-bond donors (Lipinski definition) is 1. The predicted molar refractivity (Wildman–Crippen MR) is 80.0 cm³/mol. The number of rotatable bonds is 5. The number of carbonyl (C=O) groups is 2. The van der Waals surface area contributed by atoms with Crippen LogP contribution in [-0.4, -0.2) is 73.6 Å². The van der Waals surface area contributed by atoms with Crippen molar-refractivity contribution in [1.29, 1.82) is 0 Å². The molecule has 3 heterocycles. The first-order valence-corrected chi connectivity index (χ1v) is 8.36. The average Bonchev–Trinajstić information content (AvgIpc) is 3.19. The molecule has 3 aliphatic rings. The molecule has 3 rings (SSSR count). The van der Waals surface area contributed by atoms with Gasteiger partial charge in [-0.1, -0.05) is 0 Å². The smallest absolute Gasteiger partial charge is 0.311 e. The fourth-order valence-corrected chi connectivity index (χ4v) is 3.82. The van der Waals surface area contributed by atoms with Gasteiger partial charge < -0.3 is 24.2 Å². The third-order valence-corrected chi connectivity index (χ3v) is 5.35. The highest BCUT2D eigenvalue weighted by Gasteiger charge is 2.55. The van der Waals surface area contributed by atoms with E-state index in [1.807, 2.05) is 0 Å². The van der Waals surface area contributed by atoms with E-state index in [2.05, 4.69) is 0 Å². The van der Waals surface area contributed by atoms with E-state index in [9.17, 15) is 14.7 Å². The molecule has 130 valence electrons. The molecule has 7 heteroatoms. The van der Waals surface area contributed by atoms with E-state index in [0.717, 1.165) is 19.4 Å². The lowest BCUT2D eigenvalue weighted by molar-refractivity contribution is -0.157. The van der Waals surface area contributed by atoms with Crippen LogP contribution >= 0.6 is 0 Å². The summed E-state index contributed by atoms with van der Waals surface area (Å²) in [7, 11) is 0. The van der Waals surface area contributed by atoms with E-state index in [0.29, 0.717) is 32.8 Å². The van der Waals surface area contributed by atoms with Gasteiger partial charge >= 0.3 is 5.97 Å². The van der Waals surface area contributed by atoms with Gasteiger partial charge in [-0.25, -0.2) is 0 Å². The van der Waals surface area contributed by atoms with Crippen molar-refractivity contribution in [2.45, 2.75) is 38.4 Å². The van der Waals surface area contributed by atoms with Gasteiger partial charge in [0.1, 0.15) is 6.10 Å². The fourth-order valence-electron chi connectivity index (χ4n) is 3.82. The second-order valence-corrected chi connectivity index (χ2v) is 6.81. The van der Waals surface area contributed by atoms with Crippen LogP contribution in [0, 0.1) is 11.3 Å². The number of carboxylic acids is 1. The second kappa shape index (κ2) is 6.75. The molecule has 3 fully saturated rings. The van der Waals surface area contributed by atoms with Crippen molar-refractivity contribution >= 4 is 11.9 Å². The Morgan fingerprint density at radius 3 is 2.91 bits per heavy atom. The highest BCUT2D eigenvalue weighted by atomic mass is 16.5. The zero-order chi connectivity index (χ0) is 16.4. The van der Waals surface area contributed by atoms with Crippen LogP contribution < -0.4 is 0 Å². The van der Waals surface area contributed by atoms with Crippen LogP contribution in [0.2, 0.25) is 0 Å². The van der Waals surface area contributed by atoms with E-state index in [4.69, 9.17) is 14.2 Å². The first-order chi connectivity index (χ1) is 11.0. The maximum atomic E-state index is 12.6. The van der Waals surface area contributed by atoms with E-state index in [-0.39, 0.29) is 24.5 Å². The Bertz CT molecular complexity index is 463. The van der Waals surface area contributed by atoms with Crippen LogP contribution in [0.5, 0.6) is 0 Å². The molecular formula is C16H25NO6. The zero-order valence-electron chi connectivity index (χ0n) is 13.5. The van der Waals surface area contributed by atoms with Crippen molar-refractivity contribution in [3.8, 4) is 0 Å². The first kappa shape index (κ1) is 16.7. The Hall–Kier alpha value is -1.18. The van der Waals surface area contributed by atoms with Gasteiger partial charge in [0.15, 0.2) is 0 Å². The van der Waals surface area contributed by atoms with Crippen molar-refractivity contribution in [3.63, 3.8) is 0 Å². The number of nitrogens with zero attached hydrogens (tertiary/aromatic N) is 1. The number of ether oxygens (including phenoxy) is 3. The summed E-state index contributed by atoms with van der Waals surface area (Å²) in [6.07, 6.45) is 1.95. The minimum absolute atomic E-state index is 0.0742. The monoisotopic (exact) mass is 327 g/mol. The van der Waals surface area contributed by atoms with Crippen LogP contribution in [0.25, 0.3) is 0 Å². The number of likely N-dealkylation sites (tertiary alicyclic amines) is 1. The average molecular weight is 327 g/mol. The third-order valence-electron chi connectivity index (χ3n) is 5.35. The standard InChI is InChI=1S/C16H25NO6/c1-11(23-9-13-3-2-5-22-13)14(18)17-7-12-8-21-6-4-16(12,10-17)15(19)20/h11-13H,2-10H2,1H3,(H,19,20)/t11?,12-,13?,16+/m0/s1. The van der Waals surface area contributed by atoms with Crippen molar-refractivity contribution in [2.75, 3.05) is 39.5 Å². The van der Waals surface area contributed by atoms with Gasteiger partial charge in [-0.2, -0.15) is 0 Å². The van der Waals surface area contributed by atoms with Gasteiger partial charge in [0.2, 0.25) is 0 Å². The molecule has 23 heavy (non-hydrogen) atoms. The molecule has 0 aromatic rings. The number of carbonyl (C=O) groups excluding carboxylic acids is 1. The van der Waals surface area contributed by atoms with E-state index in [1.54, 1.807) is 11.8 Å². The molecule has 3 saturated heterocycles. The van der Waals surface area contributed by atoms with Gasteiger partial charge in [0.05, 0.1) is 24.7 Å². The first-order valence-electron chi connectivity index (χ1n) is 8.36. The van der Waals surface area contributed by atoms with Gasteiger partial charge in [-0.3, -0.25) is 9.59 Å². The molecule has 3 aliphatic heterocycles. The Morgan fingerprint density at radius 2 is 2.26 bits per heavy atom. The van der Waals surface area contributed by atoms with Crippen LogP contribution in [0.3, 0.4) is 0 Å². The van der Waals surface area contributed by atoms with E-state index in [1.165, 1.54) is 0 Å². The van der Waals surface area contributed by atoms with Gasteiger partial charge in [-0.05, 0) is 26.2 Å². The molecular weight excluding hydrogens is 302 g/mol. The van der Waals surface area contributed by atoms with E-state index < -0.39 is 17.5 Å². The molecule has 1 N–H and O–H groups in total. The summed E-state index contributed by atoms with van der Waals surface area (Å²) < 4.78 is 16.6. The molecule has 0 aromatic carbocycles. The Kier molecular flexibility index (Phi) is 4.89. The summed E-state index contributed by atoms with van der Waals surface area (Å²) >= 11 is 0. The summed E-state index contributed by atoms with van der Waals surface area (Å²) in [5, 5.41) is 9.64. The minimum atomic E-state index is -0.859. The Morgan fingerprint density at radius 1 is 1.43 bits per heavy atom. The van der Waals surface area contributed by atoms with Crippen molar-refractivity contribution in [3.05, 3.63) is 0 Å². The maximum Gasteiger partial charge on any atom is 0.311 e. The molecule has 7 nitrogen and oxygen atoms in total. The highest BCUT2D eigenvalue weighted by molar-refractivity contribution is 5.83. The summed E-state index contributed by atoms with van der Waals surface area (Å²) in [5.41, 5.74) is -0.859. The molecule has 0 aliphatic carbocycles. The van der Waals surface area contributed by atoms with Crippen LogP contribution in [0.15, 0.2) is 0 Å². The fraction of sp³-hybridized carbons (Fsp3) is 0.875. The lowest BCUT2D eigenvalue weighted by atomic mass is 9.74. The van der Waals surface area contributed by atoms with Crippen LogP contribution in [0.4, 0.5) is 0 Å². The lowest BCUT2D eigenvalue weighted by Gasteiger charge is -2.33. The molecule has 4 atom stereocenters.